The summed E-state index contributed by atoms with van der Waals surface area (Å²) >= 11 is 4.43. The van der Waals surface area contributed by atoms with Crippen molar-refractivity contribution in [2.45, 2.75) is 5.51 Å². The van der Waals surface area contributed by atoms with Crippen LogP contribution in [0.15, 0.2) is 3.77 Å². The van der Waals surface area contributed by atoms with Crippen LogP contribution in [-0.4, -0.2) is 31.7 Å². The second kappa shape index (κ2) is 4.53. The van der Waals surface area contributed by atoms with Gasteiger partial charge in [0, 0.05) is 6.26 Å². The lowest BCUT2D eigenvalue weighted by atomic mass is 11.5. The number of methoxy groups -OCH3 is 1. The SMILES string of the molecule is COC(=S)S(C)=NS(=O)(=O)C(F)(F)F. The van der Waals surface area contributed by atoms with Crippen molar-refractivity contribution in [3.8, 4) is 0 Å². The second-order valence-corrected chi connectivity index (χ2v) is 5.89. The fourth-order valence-electron chi connectivity index (χ4n) is 0.340. The van der Waals surface area contributed by atoms with Crippen LogP contribution in [0.3, 0.4) is 0 Å². The first-order chi connectivity index (χ1) is 6.12. The number of hydrogen-bond acceptors (Lipinski definition) is 4. The highest BCUT2D eigenvalue weighted by Crippen LogP contribution is 2.25. The summed E-state index contributed by atoms with van der Waals surface area (Å²) in [6.45, 7) is 0. The van der Waals surface area contributed by atoms with Crippen molar-refractivity contribution in [3.05, 3.63) is 0 Å². The van der Waals surface area contributed by atoms with Crippen LogP contribution in [0.2, 0.25) is 0 Å². The summed E-state index contributed by atoms with van der Waals surface area (Å²) in [6.07, 6.45) is 1.12. The fourth-order valence-corrected chi connectivity index (χ4v) is 2.61. The molecule has 0 saturated carbocycles. The minimum absolute atomic E-state index is 0.294. The van der Waals surface area contributed by atoms with Gasteiger partial charge in [0.05, 0.1) is 7.11 Å². The Bertz CT molecular complexity index is 358. The van der Waals surface area contributed by atoms with Crippen LogP contribution in [0, 0.1) is 0 Å². The number of hydrogen-bond donors (Lipinski definition) is 0. The molecule has 0 heterocycles. The summed E-state index contributed by atoms with van der Waals surface area (Å²) in [5.74, 6) is 0. The van der Waals surface area contributed by atoms with Gasteiger partial charge in [-0.15, -0.1) is 3.77 Å². The van der Waals surface area contributed by atoms with E-state index in [0.717, 1.165) is 13.4 Å². The van der Waals surface area contributed by atoms with Crippen molar-refractivity contribution < 1.29 is 26.3 Å². The van der Waals surface area contributed by atoms with E-state index in [4.69, 9.17) is 0 Å². The van der Waals surface area contributed by atoms with E-state index in [1.165, 1.54) is 0 Å². The Labute approximate surface area is 86.6 Å². The molecule has 0 saturated heterocycles. The average Bonchev–Trinajstić information content (AvgIpc) is 2.00. The van der Waals surface area contributed by atoms with Gasteiger partial charge >= 0.3 is 15.5 Å². The number of thiocarbonyl (C=S) groups is 1. The summed E-state index contributed by atoms with van der Waals surface area (Å²) in [6, 6.07) is 0. The molecular weight excluding hydrogens is 263 g/mol. The maximum atomic E-state index is 11.8. The van der Waals surface area contributed by atoms with Gasteiger partial charge in [0.25, 0.3) is 0 Å². The molecule has 14 heavy (non-hydrogen) atoms. The molecule has 4 nitrogen and oxygen atoms in total. The molecule has 0 fully saturated rings. The van der Waals surface area contributed by atoms with Gasteiger partial charge in [-0.1, -0.05) is 0 Å². The normalized spacial score (nSPS) is 15.2. The first-order valence-corrected chi connectivity index (χ1v) is 6.34. The monoisotopic (exact) mass is 269 g/mol. The van der Waals surface area contributed by atoms with Crippen molar-refractivity contribution in [3.63, 3.8) is 0 Å². The number of rotatable bonds is 1. The molecule has 0 aliphatic heterocycles. The predicted molar refractivity (Wildman–Crippen MR) is 50.3 cm³/mol. The van der Waals surface area contributed by atoms with Crippen LogP contribution >= 0.6 is 12.2 Å². The third-order valence-electron chi connectivity index (χ3n) is 0.910. The van der Waals surface area contributed by atoms with Gasteiger partial charge in [0.15, 0.2) is 0 Å². The summed E-state index contributed by atoms with van der Waals surface area (Å²) in [7, 11) is -5.96. The molecule has 0 aliphatic rings. The molecule has 1 unspecified atom stereocenters. The van der Waals surface area contributed by atoms with Crippen LogP contribution in [-0.2, 0) is 25.5 Å². The molecule has 0 radical (unpaired) electrons. The highest BCUT2D eigenvalue weighted by atomic mass is 32.3. The Morgan fingerprint density at radius 1 is 1.50 bits per heavy atom. The number of ether oxygens (including phenoxy) is 1. The summed E-state index contributed by atoms with van der Waals surface area (Å²) in [5.41, 5.74) is -5.39. The van der Waals surface area contributed by atoms with E-state index in [-0.39, 0.29) is 4.38 Å². The fraction of sp³-hybridized carbons (Fsp3) is 0.750. The predicted octanol–water partition coefficient (Wildman–Crippen LogP) is 1.20. The summed E-state index contributed by atoms with van der Waals surface area (Å²) in [4.78, 5) is 0. The minimum Gasteiger partial charge on any atom is -0.481 e. The van der Waals surface area contributed by atoms with Gasteiger partial charge < -0.3 is 4.74 Å². The highest BCUT2D eigenvalue weighted by molar-refractivity contribution is 8.16. The second-order valence-electron chi connectivity index (χ2n) is 1.93. The van der Waals surface area contributed by atoms with E-state index in [1.54, 1.807) is 0 Å². The smallest absolute Gasteiger partial charge is 0.481 e. The molecule has 1 atom stereocenters. The molecule has 0 aliphatic carbocycles. The van der Waals surface area contributed by atoms with Gasteiger partial charge in [-0.2, -0.15) is 21.6 Å². The molecule has 84 valence electrons. The largest absolute Gasteiger partial charge is 0.519 e. The van der Waals surface area contributed by atoms with E-state index in [1.807, 2.05) is 0 Å². The van der Waals surface area contributed by atoms with E-state index in [0.29, 0.717) is 0 Å². The molecule has 0 aromatic heterocycles. The van der Waals surface area contributed by atoms with Crippen LogP contribution in [0.4, 0.5) is 13.2 Å². The standard InChI is InChI=1S/C4H6F3NO3S3/c1-11-3(12)13(2)8-14(9,10)4(5,6)7/h1-2H3. The van der Waals surface area contributed by atoms with Gasteiger partial charge in [-0.05, 0) is 22.9 Å². The lowest BCUT2D eigenvalue weighted by Gasteiger charge is -2.05. The Balaban J connectivity index is 5.11. The third kappa shape index (κ3) is 3.50. The number of halogens is 3. The van der Waals surface area contributed by atoms with Crippen LogP contribution in [0.1, 0.15) is 0 Å². The zero-order valence-electron chi connectivity index (χ0n) is 7.03. The molecule has 10 heteroatoms. The Morgan fingerprint density at radius 3 is 2.21 bits per heavy atom. The molecule has 0 aromatic rings. The highest BCUT2D eigenvalue weighted by Gasteiger charge is 2.46. The molecular formula is C4H6F3NO3S3. The van der Waals surface area contributed by atoms with Crippen LogP contribution in [0.25, 0.3) is 0 Å². The van der Waals surface area contributed by atoms with Crippen molar-refractivity contribution in [2.24, 2.45) is 3.77 Å². The Kier molecular flexibility index (Phi) is 4.46. The molecule has 0 bridgehead atoms. The molecule has 0 amide bonds. The van der Waals surface area contributed by atoms with Crippen molar-refractivity contribution >= 4 is 37.3 Å². The summed E-state index contributed by atoms with van der Waals surface area (Å²) in [5, 5.41) is 0. The maximum absolute atomic E-state index is 11.8. The Hall–Kier alpha value is -0.220. The van der Waals surface area contributed by atoms with Crippen LogP contribution in [0.5, 0.6) is 0 Å². The van der Waals surface area contributed by atoms with Crippen LogP contribution < -0.4 is 0 Å². The quantitative estimate of drug-likeness (QED) is 0.671. The number of nitrogens with zero attached hydrogens (tertiary/aromatic N) is 1. The van der Waals surface area contributed by atoms with Crippen molar-refractivity contribution in [1.82, 2.24) is 0 Å². The third-order valence-corrected chi connectivity index (χ3v) is 4.71. The van der Waals surface area contributed by atoms with Gasteiger partial charge in [0.2, 0.25) is 4.38 Å². The topological polar surface area (TPSA) is 55.7 Å². The van der Waals surface area contributed by atoms with Gasteiger partial charge in [-0.25, -0.2) is 0 Å². The van der Waals surface area contributed by atoms with Crippen molar-refractivity contribution in [1.29, 1.82) is 0 Å². The average molecular weight is 269 g/mol. The van der Waals surface area contributed by atoms with E-state index in [2.05, 4.69) is 20.7 Å². The van der Waals surface area contributed by atoms with E-state index < -0.39 is 26.2 Å². The lowest BCUT2D eigenvalue weighted by Crippen LogP contribution is -2.22. The lowest BCUT2D eigenvalue weighted by molar-refractivity contribution is -0.0434. The first-order valence-electron chi connectivity index (χ1n) is 2.90. The van der Waals surface area contributed by atoms with Crippen molar-refractivity contribution in [2.75, 3.05) is 13.4 Å². The zero-order chi connectivity index (χ0) is 11.6. The zero-order valence-corrected chi connectivity index (χ0v) is 9.48. The van der Waals surface area contributed by atoms with Gasteiger partial charge in [-0.3, -0.25) is 0 Å². The molecule has 0 aromatic carbocycles. The minimum atomic E-state index is -5.48. The maximum Gasteiger partial charge on any atom is 0.519 e. The van der Waals surface area contributed by atoms with E-state index >= 15 is 0 Å². The molecule has 0 rings (SSSR count). The number of sulfonamides is 1. The Morgan fingerprint density at radius 2 is 1.93 bits per heavy atom. The summed E-state index contributed by atoms with van der Waals surface area (Å²) < 4.78 is 63.0. The van der Waals surface area contributed by atoms with E-state index in [9.17, 15) is 21.6 Å². The molecule has 0 spiro atoms. The first kappa shape index (κ1) is 13.8. The van der Waals surface area contributed by atoms with Gasteiger partial charge in [0.1, 0.15) is 0 Å². The molecule has 0 N–H and O–H groups in total. The number of alkyl halides is 3.